The van der Waals surface area contributed by atoms with Crippen LogP contribution < -0.4 is 10.2 Å². The van der Waals surface area contributed by atoms with E-state index in [-0.39, 0.29) is 0 Å². The van der Waals surface area contributed by atoms with E-state index in [9.17, 15) is 0 Å². The van der Waals surface area contributed by atoms with Gasteiger partial charge in [0.2, 0.25) is 0 Å². The van der Waals surface area contributed by atoms with Crippen molar-refractivity contribution >= 4 is 45.2 Å². The van der Waals surface area contributed by atoms with Gasteiger partial charge in [-0.25, -0.2) is 15.0 Å². The first kappa shape index (κ1) is 22.6. The molecule has 2 N–H and O–H groups in total. The molecule has 0 aliphatic carbocycles. The van der Waals surface area contributed by atoms with Gasteiger partial charge >= 0.3 is 0 Å². The number of nitrogens with one attached hydrogen (secondary N) is 2. The summed E-state index contributed by atoms with van der Waals surface area (Å²) in [5, 5.41) is 5.14. The molecule has 1 aliphatic rings. The molecule has 0 saturated carbocycles. The minimum Gasteiger partial charge on any atom is -0.368 e. The second-order valence-corrected chi connectivity index (χ2v) is 9.29. The summed E-state index contributed by atoms with van der Waals surface area (Å²) in [7, 11) is 0. The molecule has 0 spiro atoms. The van der Waals surface area contributed by atoms with Crippen molar-refractivity contribution in [3.05, 3.63) is 77.7 Å². The van der Waals surface area contributed by atoms with Crippen molar-refractivity contribution in [3.63, 3.8) is 0 Å². The summed E-state index contributed by atoms with van der Waals surface area (Å²) in [4.78, 5) is 29.8. The molecule has 0 amide bonds. The van der Waals surface area contributed by atoms with Crippen LogP contribution in [0.15, 0.2) is 61.6 Å². The summed E-state index contributed by atoms with van der Waals surface area (Å²) in [6.45, 7) is 5.44. The van der Waals surface area contributed by atoms with Gasteiger partial charge in [-0.2, -0.15) is 0 Å². The normalized spacial score (nSPS) is 14.5. The van der Waals surface area contributed by atoms with E-state index in [1.807, 2.05) is 30.7 Å². The minimum atomic E-state index is 0.683. The molecular weight excluding hydrogens is 474 g/mol. The lowest BCUT2D eigenvalue weighted by Crippen LogP contribution is -2.46. The Bertz CT molecular complexity index is 1480. The maximum absolute atomic E-state index is 6.72. The zero-order valence-electron chi connectivity index (χ0n) is 19.7. The fourth-order valence-electron chi connectivity index (χ4n) is 4.87. The number of hydrogen-bond acceptors (Lipinski definition) is 8. The number of benzene rings is 1. The van der Waals surface area contributed by atoms with Gasteiger partial charge < -0.3 is 15.2 Å². The topological polar surface area (TPSA) is 98.8 Å². The molecule has 4 aromatic heterocycles. The van der Waals surface area contributed by atoms with Gasteiger partial charge in [0.25, 0.3) is 0 Å². The van der Waals surface area contributed by atoms with Gasteiger partial charge in [-0.3, -0.25) is 14.9 Å². The van der Waals surface area contributed by atoms with Crippen molar-refractivity contribution in [1.82, 2.24) is 34.8 Å². The van der Waals surface area contributed by atoms with E-state index < -0.39 is 0 Å². The lowest BCUT2D eigenvalue weighted by Gasteiger charge is -2.37. The third-order valence-corrected chi connectivity index (χ3v) is 6.96. The highest BCUT2D eigenvalue weighted by Gasteiger charge is 2.23. The number of fused-ring (bicyclic) bond motifs is 2. The number of hydrogen-bond donors (Lipinski definition) is 2. The number of nitrogens with zero attached hydrogens (tertiary/aromatic N) is 7. The van der Waals surface area contributed by atoms with Crippen LogP contribution in [0.2, 0.25) is 5.02 Å². The molecule has 0 atom stereocenters. The Hall–Kier alpha value is -3.82. The van der Waals surface area contributed by atoms with Crippen molar-refractivity contribution in [3.8, 4) is 0 Å². The largest absolute Gasteiger partial charge is 0.368 e. The highest BCUT2D eigenvalue weighted by atomic mass is 35.5. The van der Waals surface area contributed by atoms with Gasteiger partial charge in [-0.05, 0) is 47.9 Å². The van der Waals surface area contributed by atoms with Gasteiger partial charge in [0, 0.05) is 63.2 Å². The van der Waals surface area contributed by atoms with Crippen LogP contribution in [-0.2, 0) is 13.0 Å². The summed E-state index contributed by atoms with van der Waals surface area (Å²) >= 11 is 6.72. The van der Waals surface area contributed by atoms with E-state index in [2.05, 4.69) is 58.2 Å². The minimum absolute atomic E-state index is 0.683. The fourth-order valence-corrected chi connectivity index (χ4v) is 5.15. The molecule has 0 radical (unpaired) electrons. The first-order valence-corrected chi connectivity index (χ1v) is 12.4. The van der Waals surface area contributed by atoms with Gasteiger partial charge in [-0.1, -0.05) is 11.6 Å². The molecule has 9 nitrogen and oxygen atoms in total. The van der Waals surface area contributed by atoms with Crippen LogP contribution in [0.25, 0.3) is 22.1 Å². The lowest BCUT2D eigenvalue weighted by atomic mass is 10.0. The van der Waals surface area contributed by atoms with Crippen molar-refractivity contribution in [2.45, 2.75) is 13.0 Å². The molecule has 182 valence electrons. The molecule has 0 unspecified atom stereocenters. The van der Waals surface area contributed by atoms with Crippen LogP contribution in [0.4, 0.5) is 11.5 Å². The summed E-state index contributed by atoms with van der Waals surface area (Å²) in [6, 6.07) is 10.3. The van der Waals surface area contributed by atoms with Crippen LogP contribution in [-0.4, -0.2) is 67.5 Å². The maximum atomic E-state index is 6.72. The Morgan fingerprint density at radius 2 is 1.81 bits per heavy atom. The Morgan fingerprint density at radius 1 is 0.944 bits per heavy atom. The highest BCUT2D eigenvalue weighted by Crippen LogP contribution is 2.35. The van der Waals surface area contributed by atoms with Gasteiger partial charge in [0.1, 0.15) is 11.8 Å². The number of H-pyrrole nitrogens is 1. The lowest BCUT2D eigenvalue weighted by molar-refractivity contribution is 0.250. The second kappa shape index (κ2) is 10.0. The van der Waals surface area contributed by atoms with E-state index in [0.717, 1.165) is 72.1 Å². The first-order valence-electron chi connectivity index (χ1n) is 12.1. The Balaban J connectivity index is 1.23. The summed E-state index contributed by atoms with van der Waals surface area (Å²) < 4.78 is 0. The SMILES string of the molecule is Clc1cc(CCNc2ncnc3[nH]cnc23)c(N2CCN(Cc3ccncc3)CC2)c2ncccc12. The number of halogens is 1. The fraction of sp³-hybridized carbons (Fsp3) is 0.269. The highest BCUT2D eigenvalue weighted by molar-refractivity contribution is 6.36. The van der Waals surface area contributed by atoms with Crippen LogP contribution in [0, 0.1) is 0 Å². The van der Waals surface area contributed by atoms with Crippen molar-refractivity contribution in [1.29, 1.82) is 0 Å². The standard InChI is InChI=1S/C26H26ClN9/c27-21-14-19(5-9-30-25-23-26(32-16-31-23)34-17-33-25)24(22-20(21)2-1-6-29-22)36-12-10-35(11-13-36)15-18-3-7-28-8-4-18/h1-4,6-8,14,16-17H,5,9-13,15H2,(H2,30,31,32,33,34). The van der Waals surface area contributed by atoms with E-state index in [1.165, 1.54) is 23.1 Å². The molecule has 1 fully saturated rings. The number of anilines is 2. The molecule has 1 aromatic carbocycles. The monoisotopic (exact) mass is 499 g/mol. The van der Waals surface area contributed by atoms with E-state index in [1.54, 1.807) is 6.33 Å². The number of rotatable bonds is 7. The Kier molecular flexibility index (Phi) is 6.31. The predicted octanol–water partition coefficient (Wildman–Crippen LogP) is 3.93. The van der Waals surface area contributed by atoms with Crippen molar-refractivity contribution in [2.75, 3.05) is 42.9 Å². The maximum Gasteiger partial charge on any atom is 0.162 e. The number of pyridine rings is 2. The molecule has 6 rings (SSSR count). The summed E-state index contributed by atoms with van der Waals surface area (Å²) in [5.41, 5.74) is 6.05. The third kappa shape index (κ3) is 4.55. The van der Waals surface area contributed by atoms with Gasteiger partial charge in [0.05, 0.1) is 22.6 Å². The van der Waals surface area contributed by atoms with Crippen LogP contribution >= 0.6 is 11.6 Å². The van der Waals surface area contributed by atoms with E-state index in [0.29, 0.717) is 6.54 Å². The molecule has 5 aromatic rings. The Morgan fingerprint density at radius 3 is 2.67 bits per heavy atom. The Labute approximate surface area is 213 Å². The smallest absolute Gasteiger partial charge is 0.162 e. The quantitative estimate of drug-likeness (QED) is 0.347. The molecule has 36 heavy (non-hydrogen) atoms. The second-order valence-electron chi connectivity index (χ2n) is 8.88. The predicted molar refractivity (Wildman–Crippen MR) is 142 cm³/mol. The van der Waals surface area contributed by atoms with E-state index in [4.69, 9.17) is 16.6 Å². The third-order valence-electron chi connectivity index (χ3n) is 6.64. The summed E-state index contributed by atoms with van der Waals surface area (Å²) in [6.07, 6.45) is 9.50. The molecule has 1 saturated heterocycles. The zero-order chi connectivity index (χ0) is 24.3. The van der Waals surface area contributed by atoms with Crippen molar-refractivity contribution in [2.24, 2.45) is 0 Å². The molecule has 10 heteroatoms. The van der Waals surface area contributed by atoms with Crippen LogP contribution in [0.5, 0.6) is 0 Å². The molecular formula is C26H26ClN9. The number of piperazine rings is 1. The number of aromatic amines is 1. The van der Waals surface area contributed by atoms with Crippen LogP contribution in [0.1, 0.15) is 11.1 Å². The molecule has 1 aliphatic heterocycles. The van der Waals surface area contributed by atoms with Crippen molar-refractivity contribution < 1.29 is 0 Å². The first-order chi connectivity index (χ1) is 17.8. The zero-order valence-corrected chi connectivity index (χ0v) is 20.5. The average molecular weight is 500 g/mol. The van der Waals surface area contributed by atoms with Gasteiger partial charge in [0.15, 0.2) is 11.5 Å². The number of imidazole rings is 1. The molecule has 0 bridgehead atoms. The molecule has 5 heterocycles. The summed E-state index contributed by atoms with van der Waals surface area (Å²) in [5.74, 6) is 0.720. The average Bonchev–Trinajstić information content (AvgIpc) is 3.40. The van der Waals surface area contributed by atoms with E-state index >= 15 is 0 Å². The van der Waals surface area contributed by atoms with Gasteiger partial charge in [-0.15, -0.1) is 0 Å². The number of aromatic nitrogens is 6. The van der Waals surface area contributed by atoms with Crippen LogP contribution in [0.3, 0.4) is 0 Å².